The van der Waals surface area contributed by atoms with Crippen LogP contribution in [0.2, 0.25) is 0 Å². The van der Waals surface area contributed by atoms with E-state index in [1.807, 2.05) is 59.4 Å². The summed E-state index contributed by atoms with van der Waals surface area (Å²) in [6.07, 6.45) is 5.75. The summed E-state index contributed by atoms with van der Waals surface area (Å²) < 4.78 is 7.89. The van der Waals surface area contributed by atoms with Gasteiger partial charge in [-0.15, -0.1) is 5.10 Å². The van der Waals surface area contributed by atoms with Gasteiger partial charge < -0.3 is 15.2 Å². The first-order valence-corrected chi connectivity index (χ1v) is 10.6. The maximum absolute atomic E-state index is 12.3. The summed E-state index contributed by atoms with van der Waals surface area (Å²) in [5.74, 6) is -0.111. The molecule has 8 heteroatoms. The molecule has 4 rings (SSSR count). The van der Waals surface area contributed by atoms with Crippen molar-refractivity contribution in [3.63, 3.8) is 0 Å². The minimum absolute atomic E-state index is 0.00506. The second-order valence-electron chi connectivity index (χ2n) is 7.75. The maximum Gasteiger partial charge on any atom is 0.226 e. The van der Waals surface area contributed by atoms with Gasteiger partial charge in [-0.1, -0.05) is 41.6 Å². The molecule has 3 aromatic rings. The number of carbonyl (C=O) groups is 1. The fourth-order valence-electron chi connectivity index (χ4n) is 3.86. The summed E-state index contributed by atoms with van der Waals surface area (Å²) in [5, 5.41) is 21.2. The molecule has 0 bridgehead atoms. The average Bonchev–Trinajstić information content (AvgIpc) is 3.29. The molecule has 1 aliphatic heterocycles. The van der Waals surface area contributed by atoms with Gasteiger partial charge >= 0.3 is 0 Å². The standard InChI is InChI=1S/C23H27N5O3/c29-16-22-20(25-23(30)14-18-8-4-5-12-24-18)10-9-19(31-22)11-13-28-15-21(26-27-28)17-6-2-1-3-7-17/h1-8,12,15,19-20,22,29H,9-11,13-14,16H2,(H,25,30)/t19-,20-,22+/m1/s1. The Balaban J connectivity index is 1.26. The van der Waals surface area contributed by atoms with Crippen LogP contribution in [0.4, 0.5) is 0 Å². The van der Waals surface area contributed by atoms with Crippen LogP contribution in [0.15, 0.2) is 60.9 Å². The highest BCUT2D eigenvalue weighted by Gasteiger charge is 2.31. The third-order valence-electron chi connectivity index (χ3n) is 5.50. The number of rotatable bonds is 8. The Morgan fingerprint density at radius 3 is 2.77 bits per heavy atom. The first kappa shape index (κ1) is 21.1. The van der Waals surface area contributed by atoms with E-state index in [2.05, 4.69) is 20.6 Å². The number of carbonyl (C=O) groups excluding carboxylic acids is 1. The number of hydrogen-bond donors (Lipinski definition) is 2. The van der Waals surface area contributed by atoms with Crippen molar-refractivity contribution in [1.29, 1.82) is 0 Å². The predicted octanol–water partition coefficient (Wildman–Crippen LogP) is 2.00. The van der Waals surface area contributed by atoms with Crippen LogP contribution in [0, 0.1) is 0 Å². The van der Waals surface area contributed by atoms with Gasteiger partial charge in [0.2, 0.25) is 5.91 Å². The van der Waals surface area contributed by atoms with Crippen molar-refractivity contribution in [1.82, 2.24) is 25.3 Å². The van der Waals surface area contributed by atoms with E-state index >= 15 is 0 Å². The van der Waals surface area contributed by atoms with Gasteiger partial charge in [-0.2, -0.15) is 0 Å². The average molecular weight is 422 g/mol. The Bertz CT molecular complexity index is 964. The minimum Gasteiger partial charge on any atom is -0.394 e. The monoisotopic (exact) mass is 421 g/mol. The molecular formula is C23H27N5O3. The van der Waals surface area contributed by atoms with E-state index in [4.69, 9.17) is 4.74 Å². The minimum atomic E-state index is -0.415. The van der Waals surface area contributed by atoms with E-state index in [1.165, 1.54) is 0 Å². The number of benzene rings is 1. The molecule has 1 fully saturated rings. The lowest BCUT2D eigenvalue weighted by molar-refractivity contribution is -0.128. The molecule has 1 aliphatic rings. The van der Waals surface area contributed by atoms with Gasteiger partial charge in [0.25, 0.3) is 0 Å². The second kappa shape index (κ2) is 10.3. The summed E-state index contributed by atoms with van der Waals surface area (Å²) in [6.45, 7) is 0.547. The van der Waals surface area contributed by atoms with Crippen LogP contribution in [0.5, 0.6) is 0 Å². The molecule has 2 N–H and O–H groups in total. The van der Waals surface area contributed by atoms with Gasteiger partial charge in [0.1, 0.15) is 11.8 Å². The maximum atomic E-state index is 12.3. The van der Waals surface area contributed by atoms with E-state index in [-0.39, 0.29) is 31.1 Å². The van der Waals surface area contributed by atoms with E-state index < -0.39 is 6.10 Å². The van der Waals surface area contributed by atoms with Gasteiger partial charge in [0.15, 0.2) is 0 Å². The van der Waals surface area contributed by atoms with Crippen molar-refractivity contribution in [3.05, 3.63) is 66.6 Å². The lowest BCUT2D eigenvalue weighted by atomic mass is 9.97. The lowest BCUT2D eigenvalue weighted by Gasteiger charge is -2.36. The van der Waals surface area contributed by atoms with Crippen molar-refractivity contribution < 1.29 is 14.6 Å². The molecule has 162 valence electrons. The summed E-state index contributed by atoms with van der Waals surface area (Å²) in [5.41, 5.74) is 2.60. The van der Waals surface area contributed by atoms with E-state index in [0.717, 1.165) is 36.2 Å². The lowest BCUT2D eigenvalue weighted by Crippen LogP contribution is -2.51. The highest BCUT2D eigenvalue weighted by Crippen LogP contribution is 2.23. The molecule has 31 heavy (non-hydrogen) atoms. The van der Waals surface area contributed by atoms with Crippen molar-refractivity contribution in [2.24, 2.45) is 0 Å². The third-order valence-corrected chi connectivity index (χ3v) is 5.50. The fraction of sp³-hybridized carbons (Fsp3) is 0.391. The number of aliphatic hydroxyl groups is 1. The zero-order valence-electron chi connectivity index (χ0n) is 17.3. The molecule has 1 amide bonds. The van der Waals surface area contributed by atoms with Crippen molar-refractivity contribution >= 4 is 5.91 Å². The molecule has 0 saturated carbocycles. The second-order valence-corrected chi connectivity index (χ2v) is 7.75. The number of amides is 1. The van der Waals surface area contributed by atoms with Crippen molar-refractivity contribution in [2.75, 3.05) is 6.61 Å². The number of hydrogen-bond acceptors (Lipinski definition) is 6. The van der Waals surface area contributed by atoms with Crippen LogP contribution in [0.3, 0.4) is 0 Å². The van der Waals surface area contributed by atoms with Gasteiger partial charge in [0, 0.05) is 24.0 Å². The fourth-order valence-corrected chi connectivity index (χ4v) is 3.86. The SMILES string of the molecule is O=C(Cc1ccccn1)N[C@@H]1CC[C@H](CCn2cc(-c3ccccc3)nn2)O[C@H]1CO. The predicted molar refractivity (Wildman–Crippen MR) is 115 cm³/mol. The molecule has 8 nitrogen and oxygen atoms in total. The Labute approximate surface area is 181 Å². The third kappa shape index (κ3) is 5.74. The quantitative estimate of drug-likeness (QED) is 0.577. The normalized spacial score (nSPS) is 21.0. The molecule has 0 unspecified atom stereocenters. The molecular weight excluding hydrogens is 394 g/mol. The van der Waals surface area contributed by atoms with Crippen LogP contribution in [0.1, 0.15) is 25.0 Å². The summed E-state index contributed by atoms with van der Waals surface area (Å²) in [7, 11) is 0. The van der Waals surface area contributed by atoms with Crippen molar-refractivity contribution in [2.45, 2.75) is 50.5 Å². The molecule has 1 saturated heterocycles. The Kier molecular flexibility index (Phi) is 7.01. The summed E-state index contributed by atoms with van der Waals surface area (Å²) in [6, 6.07) is 15.2. The van der Waals surface area contributed by atoms with Crippen molar-refractivity contribution in [3.8, 4) is 11.3 Å². The van der Waals surface area contributed by atoms with Gasteiger partial charge in [-0.3, -0.25) is 14.5 Å². The summed E-state index contributed by atoms with van der Waals surface area (Å²) in [4.78, 5) is 16.5. The highest BCUT2D eigenvalue weighted by atomic mass is 16.5. The number of aromatic nitrogens is 4. The molecule has 2 aromatic heterocycles. The van der Waals surface area contributed by atoms with E-state index in [0.29, 0.717) is 6.54 Å². The number of nitrogens with zero attached hydrogens (tertiary/aromatic N) is 4. The Hall–Kier alpha value is -3.10. The van der Waals surface area contributed by atoms with Gasteiger partial charge in [0.05, 0.1) is 31.4 Å². The topological polar surface area (TPSA) is 102 Å². The number of aryl methyl sites for hydroxylation is 1. The number of aliphatic hydroxyl groups excluding tert-OH is 1. The van der Waals surface area contributed by atoms with Gasteiger partial charge in [-0.25, -0.2) is 0 Å². The Morgan fingerprint density at radius 2 is 2.00 bits per heavy atom. The molecule has 0 radical (unpaired) electrons. The van der Waals surface area contributed by atoms with E-state index in [1.54, 1.807) is 6.20 Å². The highest BCUT2D eigenvalue weighted by molar-refractivity contribution is 5.78. The van der Waals surface area contributed by atoms with Crippen LogP contribution in [-0.4, -0.2) is 55.8 Å². The molecule has 3 atom stereocenters. The zero-order valence-corrected chi connectivity index (χ0v) is 17.3. The van der Waals surface area contributed by atoms with E-state index in [9.17, 15) is 9.90 Å². The van der Waals surface area contributed by atoms with Crippen LogP contribution in [-0.2, 0) is 22.5 Å². The smallest absolute Gasteiger partial charge is 0.226 e. The molecule has 1 aromatic carbocycles. The molecule has 0 aliphatic carbocycles. The van der Waals surface area contributed by atoms with Crippen LogP contribution >= 0.6 is 0 Å². The largest absolute Gasteiger partial charge is 0.394 e. The Morgan fingerprint density at radius 1 is 1.16 bits per heavy atom. The summed E-state index contributed by atoms with van der Waals surface area (Å²) >= 11 is 0. The number of nitrogens with one attached hydrogen (secondary N) is 1. The molecule has 0 spiro atoms. The number of ether oxygens (including phenoxy) is 1. The molecule has 3 heterocycles. The first-order chi connectivity index (χ1) is 15.2. The number of pyridine rings is 1. The van der Waals surface area contributed by atoms with Crippen LogP contribution < -0.4 is 5.32 Å². The first-order valence-electron chi connectivity index (χ1n) is 10.6. The van der Waals surface area contributed by atoms with Crippen LogP contribution in [0.25, 0.3) is 11.3 Å². The van der Waals surface area contributed by atoms with Gasteiger partial charge in [-0.05, 0) is 31.4 Å². The zero-order chi connectivity index (χ0) is 21.5.